The van der Waals surface area contributed by atoms with Gasteiger partial charge in [-0.05, 0) is 31.2 Å². The van der Waals surface area contributed by atoms with Crippen molar-refractivity contribution in [3.63, 3.8) is 0 Å². The van der Waals surface area contributed by atoms with E-state index in [1.807, 2.05) is 0 Å². The molecule has 0 aromatic heterocycles. The molecule has 5 nitrogen and oxygen atoms in total. The van der Waals surface area contributed by atoms with E-state index in [1.54, 1.807) is 0 Å². The Hall–Kier alpha value is -2.09. The zero-order chi connectivity index (χ0) is 16.0. The lowest BCUT2D eigenvalue weighted by atomic mass is 10.2. The summed E-state index contributed by atoms with van der Waals surface area (Å²) in [6.07, 6.45) is -5.75. The fraction of sp³-hybridized carbons (Fsp3) is 0.385. The first kappa shape index (κ1) is 17.0. The fourth-order valence-corrected chi connectivity index (χ4v) is 1.35. The molecule has 1 rings (SSSR count). The van der Waals surface area contributed by atoms with Gasteiger partial charge in [0.2, 0.25) is 0 Å². The minimum Gasteiger partial charge on any atom is -0.465 e. The second-order valence-electron chi connectivity index (χ2n) is 4.13. The predicted octanol–water partition coefficient (Wildman–Crippen LogP) is 2.38. The number of esters is 1. The number of carbonyl (C=O) groups excluding carboxylic acids is 2. The van der Waals surface area contributed by atoms with Crippen LogP contribution in [0.4, 0.5) is 18.9 Å². The van der Waals surface area contributed by atoms with Gasteiger partial charge in [-0.15, -0.1) is 0 Å². The highest BCUT2D eigenvalue weighted by Gasteiger charge is 2.29. The summed E-state index contributed by atoms with van der Waals surface area (Å²) in [6.45, 7) is -0.285. The van der Waals surface area contributed by atoms with Crippen molar-refractivity contribution in [3.05, 3.63) is 29.8 Å². The van der Waals surface area contributed by atoms with E-state index in [2.05, 4.69) is 14.8 Å². The number of ether oxygens (including phenoxy) is 2. The highest BCUT2D eigenvalue weighted by Crippen LogP contribution is 2.16. The quantitative estimate of drug-likeness (QED) is 0.848. The number of benzene rings is 1. The molecule has 8 heteroatoms. The van der Waals surface area contributed by atoms with Crippen LogP contribution in [0.2, 0.25) is 0 Å². The largest absolute Gasteiger partial charge is 0.465 e. The molecule has 0 spiro atoms. The number of carbonyl (C=O) groups is 2. The predicted molar refractivity (Wildman–Crippen MR) is 67.9 cm³/mol. The average Bonchev–Trinajstić information content (AvgIpc) is 2.43. The zero-order valence-electron chi connectivity index (χ0n) is 11.4. The van der Waals surface area contributed by atoms with Gasteiger partial charge < -0.3 is 14.8 Å². The minimum absolute atomic E-state index is 0.289. The number of hydrogen-bond acceptors (Lipinski definition) is 4. The van der Waals surface area contributed by atoms with Crippen molar-refractivity contribution >= 4 is 17.6 Å². The van der Waals surface area contributed by atoms with Crippen LogP contribution in [0.15, 0.2) is 24.3 Å². The number of amides is 1. The van der Waals surface area contributed by atoms with Crippen molar-refractivity contribution in [2.24, 2.45) is 0 Å². The van der Waals surface area contributed by atoms with E-state index in [9.17, 15) is 22.8 Å². The second kappa shape index (κ2) is 7.07. The van der Waals surface area contributed by atoms with E-state index in [0.29, 0.717) is 5.69 Å². The topological polar surface area (TPSA) is 64.6 Å². The number of methoxy groups -OCH3 is 1. The molecule has 0 heterocycles. The Morgan fingerprint density at radius 3 is 2.29 bits per heavy atom. The van der Waals surface area contributed by atoms with Crippen LogP contribution >= 0.6 is 0 Å². The first-order chi connectivity index (χ1) is 9.73. The molecule has 1 atom stereocenters. The number of halogens is 3. The smallest absolute Gasteiger partial charge is 0.411 e. The molecule has 0 unspecified atom stereocenters. The molecular formula is C13H14F3NO4. The highest BCUT2D eigenvalue weighted by molar-refractivity contribution is 5.95. The number of nitrogens with one attached hydrogen (secondary N) is 1. The summed E-state index contributed by atoms with van der Waals surface area (Å²) in [7, 11) is 1.23. The number of alkyl halides is 3. The summed E-state index contributed by atoms with van der Waals surface area (Å²) < 4.78 is 44.8. The molecule has 116 valence electrons. The molecule has 0 aliphatic carbocycles. The standard InChI is InChI=1S/C13H14F3NO4/c1-8(21-7-13(14,15)16)11(18)17-10-5-3-9(4-6-10)12(19)20-2/h3-6,8H,7H2,1-2H3,(H,17,18)/t8-/m1/s1. The van der Waals surface area contributed by atoms with Crippen LogP contribution in [0.25, 0.3) is 0 Å². The van der Waals surface area contributed by atoms with Crippen molar-refractivity contribution in [3.8, 4) is 0 Å². The molecule has 0 saturated heterocycles. The second-order valence-corrected chi connectivity index (χ2v) is 4.13. The fourth-order valence-electron chi connectivity index (χ4n) is 1.35. The Kier molecular flexibility index (Phi) is 5.71. The lowest BCUT2D eigenvalue weighted by molar-refractivity contribution is -0.184. The number of hydrogen-bond donors (Lipinski definition) is 1. The molecule has 21 heavy (non-hydrogen) atoms. The summed E-state index contributed by atoms with van der Waals surface area (Å²) in [5, 5.41) is 2.38. The third kappa shape index (κ3) is 5.82. The third-order valence-electron chi connectivity index (χ3n) is 2.44. The highest BCUT2D eigenvalue weighted by atomic mass is 19.4. The first-order valence-electron chi connectivity index (χ1n) is 5.90. The van der Waals surface area contributed by atoms with Gasteiger partial charge in [0.15, 0.2) is 0 Å². The van der Waals surface area contributed by atoms with Crippen molar-refractivity contribution in [2.75, 3.05) is 19.0 Å². The SMILES string of the molecule is COC(=O)c1ccc(NC(=O)[C@@H](C)OCC(F)(F)F)cc1. The van der Waals surface area contributed by atoms with E-state index < -0.39 is 30.8 Å². The Morgan fingerprint density at radius 1 is 1.24 bits per heavy atom. The Balaban J connectivity index is 2.56. The van der Waals surface area contributed by atoms with E-state index in [1.165, 1.54) is 38.3 Å². The van der Waals surface area contributed by atoms with Gasteiger partial charge in [-0.2, -0.15) is 13.2 Å². The van der Waals surface area contributed by atoms with E-state index in [4.69, 9.17) is 0 Å². The number of anilines is 1. The van der Waals surface area contributed by atoms with Gasteiger partial charge in [-0.25, -0.2) is 4.79 Å². The van der Waals surface area contributed by atoms with Crippen LogP contribution in [0.1, 0.15) is 17.3 Å². The molecule has 0 radical (unpaired) electrons. The van der Waals surface area contributed by atoms with Gasteiger partial charge >= 0.3 is 12.1 Å². The monoisotopic (exact) mass is 305 g/mol. The molecule has 1 amide bonds. The van der Waals surface area contributed by atoms with Crippen LogP contribution in [-0.2, 0) is 14.3 Å². The van der Waals surface area contributed by atoms with Gasteiger partial charge in [-0.3, -0.25) is 4.79 Å². The average molecular weight is 305 g/mol. The van der Waals surface area contributed by atoms with Crippen LogP contribution in [-0.4, -0.2) is 37.9 Å². The summed E-state index contributed by atoms with van der Waals surface area (Å²) in [6, 6.07) is 5.70. The summed E-state index contributed by atoms with van der Waals surface area (Å²) in [5.74, 6) is -1.25. The third-order valence-corrected chi connectivity index (χ3v) is 2.44. The molecule has 0 saturated carbocycles. The van der Waals surface area contributed by atoms with Crippen molar-refractivity contribution in [1.29, 1.82) is 0 Å². The molecule has 0 aliphatic heterocycles. The molecule has 0 bridgehead atoms. The molecular weight excluding hydrogens is 291 g/mol. The van der Waals surface area contributed by atoms with Crippen LogP contribution < -0.4 is 5.32 Å². The van der Waals surface area contributed by atoms with Crippen molar-refractivity contribution in [1.82, 2.24) is 0 Å². The van der Waals surface area contributed by atoms with Gasteiger partial charge in [0.05, 0.1) is 12.7 Å². The zero-order valence-corrected chi connectivity index (χ0v) is 11.4. The lowest BCUT2D eigenvalue weighted by Gasteiger charge is -2.14. The van der Waals surface area contributed by atoms with Crippen molar-refractivity contribution < 1.29 is 32.2 Å². The maximum Gasteiger partial charge on any atom is 0.411 e. The number of rotatable bonds is 5. The van der Waals surface area contributed by atoms with E-state index in [-0.39, 0.29) is 5.56 Å². The van der Waals surface area contributed by atoms with Crippen LogP contribution in [0, 0.1) is 0 Å². The molecule has 0 fully saturated rings. The Bertz CT molecular complexity index is 499. The normalized spacial score (nSPS) is 12.6. The first-order valence-corrected chi connectivity index (χ1v) is 5.90. The maximum atomic E-state index is 12.0. The Morgan fingerprint density at radius 2 is 1.81 bits per heavy atom. The van der Waals surface area contributed by atoms with Gasteiger partial charge in [-0.1, -0.05) is 0 Å². The summed E-state index contributed by atoms with van der Waals surface area (Å²) in [5.41, 5.74) is 0.618. The minimum atomic E-state index is -4.49. The van der Waals surface area contributed by atoms with Gasteiger partial charge in [0, 0.05) is 5.69 Å². The van der Waals surface area contributed by atoms with E-state index in [0.717, 1.165) is 0 Å². The maximum absolute atomic E-state index is 12.0. The van der Waals surface area contributed by atoms with Gasteiger partial charge in [0.25, 0.3) is 5.91 Å². The molecule has 1 aromatic rings. The van der Waals surface area contributed by atoms with Gasteiger partial charge in [0.1, 0.15) is 12.7 Å². The molecule has 1 N–H and O–H groups in total. The van der Waals surface area contributed by atoms with Crippen LogP contribution in [0.5, 0.6) is 0 Å². The molecule has 0 aliphatic rings. The summed E-state index contributed by atoms with van der Waals surface area (Å²) in [4.78, 5) is 22.8. The molecule has 1 aromatic carbocycles. The lowest BCUT2D eigenvalue weighted by Crippen LogP contribution is -2.31. The van der Waals surface area contributed by atoms with Crippen molar-refractivity contribution in [2.45, 2.75) is 19.2 Å². The summed E-state index contributed by atoms with van der Waals surface area (Å²) >= 11 is 0. The van der Waals surface area contributed by atoms with E-state index >= 15 is 0 Å². The Labute approximate surface area is 119 Å². The van der Waals surface area contributed by atoms with Crippen LogP contribution in [0.3, 0.4) is 0 Å².